The number of ether oxygens (including phenoxy) is 1. The molecule has 0 heterocycles. The minimum Gasteiger partial charge on any atom is -0.447 e. The maximum Gasteiger partial charge on any atom is 0.316 e. The molecule has 2 atom stereocenters. The summed E-state index contributed by atoms with van der Waals surface area (Å²) in [5, 5.41) is 2.78. The molecule has 1 N–H and O–H groups in total. The molecule has 136 valence electrons. The molecule has 1 aliphatic rings. The van der Waals surface area contributed by atoms with Crippen LogP contribution < -0.4 is 5.32 Å². The zero-order chi connectivity index (χ0) is 18.9. The average molecular weight is 392 g/mol. The highest BCUT2D eigenvalue weighted by atomic mass is 35.5. The quantitative estimate of drug-likeness (QED) is 0.587. The first-order chi connectivity index (χ1) is 12.2. The molecule has 3 rings (SSSR count). The third-order valence-electron chi connectivity index (χ3n) is 4.59. The Bertz CT molecular complexity index is 821. The fourth-order valence-electron chi connectivity index (χ4n) is 2.60. The number of hydrogen-bond acceptors (Lipinski definition) is 3. The molecule has 26 heavy (non-hydrogen) atoms. The van der Waals surface area contributed by atoms with E-state index in [0.29, 0.717) is 17.7 Å². The largest absolute Gasteiger partial charge is 0.447 e. The Morgan fingerprint density at radius 2 is 1.65 bits per heavy atom. The minimum absolute atomic E-state index is 0.295. The van der Waals surface area contributed by atoms with Crippen LogP contribution in [0.5, 0.6) is 0 Å². The molecule has 2 aromatic rings. The first-order valence-electron chi connectivity index (χ1n) is 8.24. The average Bonchev–Trinajstić information content (AvgIpc) is 3.14. The van der Waals surface area contributed by atoms with Crippen LogP contribution in [0.2, 0.25) is 0 Å². The van der Waals surface area contributed by atoms with Gasteiger partial charge < -0.3 is 10.1 Å². The van der Waals surface area contributed by atoms with Gasteiger partial charge in [0.15, 0.2) is 0 Å². The smallest absolute Gasteiger partial charge is 0.316 e. The summed E-state index contributed by atoms with van der Waals surface area (Å²) in [5.74, 6) is -1.03. The zero-order valence-electron chi connectivity index (χ0n) is 14.5. The maximum atomic E-state index is 12.8. The second kappa shape index (κ2) is 6.93. The van der Waals surface area contributed by atoms with E-state index in [2.05, 4.69) is 5.32 Å². The molecule has 2 aromatic carbocycles. The van der Waals surface area contributed by atoms with Crippen LogP contribution >= 0.6 is 23.2 Å². The molecule has 0 unspecified atom stereocenters. The van der Waals surface area contributed by atoms with E-state index in [-0.39, 0.29) is 0 Å². The van der Waals surface area contributed by atoms with Crippen molar-refractivity contribution in [2.45, 2.75) is 30.7 Å². The summed E-state index contributed by atoms with van der Waals surface area (Å²) >= 11 is 12.1. The van der Waals surface area contributed by atoms with Gasteiger partial charge >= 0.3 is 5.97 Å². The van der Waals surface area contributed by atoms with E-state index in [9.17, 15) is 9.59 Å². The Morgan fingerprint density at radius 3 is 2.19 bits per heavy atom. The van der Waals surface area contributed by atoms with Gasteiger partial charge in [-0.1, -0.05) is 48.0 Å². The van der Waals surface area contributed by atoms with Crippen molar-refractivity contribution in [3.05, 3.63) is 65.7 Å². The number of rotatable bonds is 5. The molecule has 1 aliphatic carbocycles. The summed E-state index contributed by atoms with van der Waals surface area (Å²) in [6, 6.07) is 16.2. The van der Waals surface area contributed by atoms with Crippen LogP contribution in [0.4, 0.5) is 5.69 Å². The van der Waals surface area contributed by atoms with E-state index in [0.717, 1.165) is 5.56 Å². The molecule has 0 aliphatic heterocycles. The predicted octanol–water partition coefficient (Wildman–Crippen LogP) is 4.80. The number of nitrogens with one attached hydrogen (secondary N) is 1. The summed E-state index contributed by atoms with van der Waals surface area (Å²) < 4.78 is 4.38. The van der Waals surface area contributed by atoms with E-state index >= 15 is 0 Å². The summed E-state index contributed by atoms with van der Waals surface area (Å²) in [4.78, 5) is 25.3. The molecule has 0 radical (unpaired) electrons. The highest BCUT2D eigenvalue weighted by Gasteiger charge is 2.69. The number of alkyl halides is 2. The zero-order valence-corrected chi connectivity index (χ0v) is 16.0. The van der Waals surface area contributed by atoms with Crippen molar-refractivity contribution >= 4 is 40.8 Å². The summed E-state index contributed by atoms with van der Waals surface area (Å²) in [6.45, 7) is 3.59. The fourth-order valence-corrected chi connectivity index (χ4v) is 3.29. The number of aryl methyl sites for hydroxylation is 1. The second-order valence-corrected chi connectivity index (χ2v) is 8.25. The molecule has 1 amide bonds. The lowest BCUT2D eigenvalue weighted by molar-refractivity contribution is -0.159. The van der Waals surface area contributed by atoms with Crippen LogP contribution in [-0.2, 0) is 14.3 Å². The van der Waals surface area contributed by atoms with Crippen molar-refractivity contribution in [3.8, 4) is 0 Å². The summed E-state index contributed by atoms with van der Waals surface area (Å²) in [5.41, 5.74) is 1.27. The highest BCUT2D eigenvalue weighted by molar-refractivity contribution is 6.53. The van der Waals surface area contributed by atoms with Gasteiger partial charge in [-0.25, -0.2) is 0 Å². The van der Waals surface area contributed by atoms with Crippen LogP contribution in [0, 0.1) is 12.3 Å². The molecule has 1 saturated carbocycles. The first-order valence-corrected chi connectivity index (χ1v) is 9.00. The number of esters is 1. The molecular formula is C20H19Cl2NO3. The van der Waals surface area contributed by atoms with Gasteiger partial charge in [0.05, 0.1) is 0 Å². The third kappa shape index (κ3) is 3.71. The Kier molecular flexibility index (Phi) is 5.00. The lowest BCUT2D eigenvalue weighted by atomic mass is 10.1. The SMILES string of the molecule is Cc1ccc(NC(=O)[C@H](OC(=O)[C@]2(C)CC2(Cl)Cl)c2ccccc2)cc1. The molecule has 0 bridgehead atoms. The van der Waals surface area contributed by atoms with Crippen molar-refractivity contribution < 1.29 is 14.3 Å². The Labute approximate surface area is 162 Å². The summed E-state index contributed by atoms with van der Waals surface area (Å²) in [6.07, 6.45) is -0.796. The standard InChI is InChI=1S/C20H19Cl2NO3/c1-13-8-10-15(11-9-13)23-17(24)16(14-6-4-3-5-7-14)26-18(25)19(2)12-20(19,21)22/h3-11,16H,12H2,1-2H3,(H,23,24)/t16-,19+/m1/s1. The van der Waals surface area contributed by atoms with Crippen LogP contribution in [0.1, 0.15) is 30.6 Å². The number of amides is 1. The third-order valence-corrected chi connectivity index (χ3v) is 5.69. The lowest BCUT2D eigenvalue weighted by Crippen LogP contribution is -2.30. The van der Waals surface area contributed by atoms with Gasteiger partial charge in [0.25, 0.3) is 5.91 Å². The van der Waals surface area contributed by atoms with Crippen LogP contribution in [0.25, 0.3) is 0 Å². The van der Waals surface area contributed by atoms with Gasteiger partial charge in [-0.05, 0) is 26.0 Å². The van der Waals surface area contributed by atoms with Crippen molar-refractivity contribution in [2.75, 3.05) is 5.32 Å². The second-order valence-electron chi connectivity index (χ2n) is 6.76. The summed E-state index contributed by atoms with van der Waals surface area (Å²) in [7, 11) is 0. The molecule has 0 spiro atoms. The number of anilines is 1. The van der Waals surface area contributed by atoms with Gasteiger partial charge in [0, 0.05) is 17.7 Å². The number of carbonyl (C=O) groups is 2. The minimum atomic E-state index is -1.15. The highest BCUT2D eigenvalue weighted by Crippen LogP contribution is 2.64. The number of benzene rings is 2. The van der Waals surface area contributed by atoms with Crippen molar-refractivity contribution in [1.82, 2.24) is 0 Å². The normalized spacial score (nSPS) is 21.5. The maximum absolute atomic E-state index is 12.8. The van der Waals surface area contributed by atoms with E-state index in [1.807, 2.05) is 25.1 Å². The molecule has 0 aromatic heterocycles. The van der Waals surface area contributed by atoms with Crippen LogP contribution in [0.3, 0.4) is 0 Å². The van der Waals surface area contributed by atoms with Gasteiger partial charge in [-0.15, -0.1) is 23.2 Å². The molecule has 1 fully saturated rings. The van der Waals surface area contributed by atoms with Gasteiger partial charge in [0.1, 0.15) is 9.75 Å². The van der Waals surface area contributed by atoms with E-state index in [1.165, 1.54) is 0 Å². The van der Waals surface area contributed by atoms with Crippen LogP contribution in [0.15, 0.2) is 54.6 Å². The van der Waals surface area contributed by atoms with E-state index in [1.54, 1.807) is 43.3 Å². The van der Waals surface area contributed by atoms with E-state index < -0.39 is 27.7 Å². The topological polar surface area (TPSA) is 55.4 Å². The Hall–Kier alpha value is -2.04. The number of carbonyl (C=O) groups excluding carboxylic acids is 2. The first kappa shape index (κ1) is 18.7. The fraction of sp³-hybridized carbons (Fsp3) is 0.300. The monoisotopic (exact) mass is 391 g/mol. The molecule has 4 nitrogen and oxygen atoms in total. The van der Waals surface area contributed by atoms with Gasteiger partial charge in [-0.3, -0.25) is 9.59 Å². The lowest BCUT2D eigenvalue weighted by Gasteiger charge is -2.21. The number of halogens is 2. The molecule has 0 saturated heterocycles. The molecular weight excluding hydrogens is 373 g/mol. The Morgan fingerprint density at radius 1 is 1.08 bits per heavy atom. The van der Waals surface area contributed by atoms with Crippen LogP contribution in [-0.4, -0.2) is 16.2 Å². The van der Waals surface area contributed by atoms with Crippen molar-refractivity contribution in [3.63, 3.8) is 0 Å². The van der Waals surface area contributed by atoms with Gasteiger partial charge in [-0.2, -0.15) is 0 Å². The van der Waals surface area contributed by atoms with Crippen molar-refractivity contribution in [1.29, 1.82) is 0 Å². The predicted molar refractivity (Wildman–Crippen MR) is 102 cm³/mol. The van der Waals surface area contributed by atoms with Crippen molar-refractivity contribution in [2.24, 2.45) is 5.41 Å². The molecule has 6 heteroatoms. The van der Waals surface area contributed by atoms with E-state index in [4.69, 9.17) is 27.9 Å². The van der Waals surface area contributed by atoms with Gasteiger partial charge in [0.2, 0.25) is 6.10 Å². The number of hydrogen-bond donors (Lipinski definition) is 1. The Balaban J connectivity index is 1.81.